The average molecular weight is 275 g/mol. The number of ketones is 1. The molecule has 0 saturated carbocycles. The molecule has 104 valence electrons. The Bertz CT molecular complexity index is 678. The van der Waals surface area contributed by atoms with Gasteiger partial charge in [-0.2, -0.15) is 4.98 Å². The van der Waals surface area contributed by atoms with Crippen LogP contribution in [0, 0.1) is 17.0 Å². The van der Waals surface area contributed by atoms with Crippen molar-refractivity contribution in [3.63, 3.8) is 0 Å². The summed E-state index contributed by atoms with van der Waals surface area (Å²) in [6.45, 7) is 4.90. The van der Waals surface area contributed by atoms with Crippen LogP contribution in [0.3, 0.4) is 0 Å². The molecule has 1 aromatic heterocycles. The Kier molecular flexibility index (Phi) is 3.60. The zero-order valence-corrected chi connectivity index (χ0v) is 11.3. The van der Waals surface area contributed by atoms with Gasteiger partial charge in [0.2, 0.25) is 11.7 Å². The first-order valence-electron chi connectivity index (χ1n) is 5.99. The number of hydrogen-bond acceptors (Lipinski definition) is 6. The van der Waals surface area contributed by atoms with Crippen molar-refractivity contribution < 1.29 is 14.2 Å². The number of aryl methyl sites for hydroxylation is 1. The van der Waals surface area contributed by atoms with Crippen LogP contribution in [-0.2, 0) is 4.79 Å². The molecule has 2 rings (SSSR count). The monoisotopic (exact) mass is 275 g/mol. The number of nitrogens with zero attached hydrogens (tertiary/aromatic N) is 3. The van der Waals surface area contributed by atoms with E-state index in [1.165, 1.54) is 19.1 Å². The van der Waals surface area contributed by atoms with Gasteiger partial charge >= 0.3 is 0 Å². The quantitative estimate of drug-likeness (QED) is 0.628. The molecule has 0 aliphatic rings. The lowest BCUT2D eigenvalue weighted by molar-refractivity contribution is -0.384. The molecule has 0 spiro atoms. The lowest BCUT2D eigenvalue weighted by atomic mass is 10.1. The number of non-ortho nitro benzene ring substituents is 1. The van der Waals surface area contributed by atoms with E-state index in [1.54, 1.807) is 19.9 Å². The van der Waals surface area contributed by atoms with E-state index >= 15 is 0 Å². The Morgan fingerprint density at radius 3 is 2.75 bits per heavy atom. The molecule has 0 amide bonds. The first-order valence-corrected chi connectivity index (χ1v) is 5.99. The zero-order chi connectivity index (χ0) is 14.9. The fourth-order valence-electron chi connectivity index (χ4n) is 1.66. The summed E-state index contributed by atoms with van der Waals surface area (Å²) in [4.78, 5) is 25.7. The van der Waals surface area contributed by atoms with Gasteiger partial charge in [0.15, 0.2) is 0 Å². The van der Waals surface area contributed by atoms with Crippen molar-refractivity contribution >= 4 is 11.5 Å². The molecule has 7 nitrogen and oxygen atoms in total. The van der Waals surface area contributed by atoms with Gasteiger partial charge in [-0.05, 0) is 26.3 Å². The summed E-state index contributed by atoms with van der Waals surface area (Å²) in [7, 11) is 0. The molecule has 1 aromatic carbocycles. The van der Waals surface area contributed by atoms with E-state index in [4.69, 9.17) is 4.52 Å². The maximum absolute atomic E-state index is 11.3. The van der Waals surface area contributed by atoms with Gasteiger partial charge < -0.3 is 4.52 Å². The highest BCUT2D eigenvalue weighted by molar-refractivity contribution is 5.81. The first-order chi connectivity index (χ1) is 9.40. The van der Waals surface area contributed by atoms with Crippen molar-refractivity contribution in [2.24, 2.45) is 0 Å². The maximum Gasteiger partial charge on any atom is 0.270 e. The molecule has 1 atom stereocenters. The fourth-order valence-corrected chi connectivity index (χ4v) is 1.66. The Hall–Kier alpha value is -2.57. The van der Waals surface area contributed by atoms with Gasteiger partial charge in [0.25, 0.3) is 5.69 Å². The van der Waals surface area contributed by atoms with Crippen molar-refractivity contribution in [2.75, 3.05) is 0 Å². The predicted molar refractivity (Wildman–Crippen MR) is 70.2 cm³/mol. The molecule has 1 unspecified atom stereocenters. The van der Waals surface area contributed by atoms with Crippen LogP contribution in [0.1, 0.15) is 31.2 Å². The van der Waals surface area contributed by atoms with Crippen LogP contribution in [0.5, 0.6) is 0 Å². The topological polar surface area (TPSA) is 99.1 Å². The van der Waals surface area contributed by atoms with Crippen LogP contribution >= 0.6 is 0 Å². The van der Waals surface area contributed by atoms with E-state index < -0.39 is 10.8 Å². The number of aromatic nitrogens is 2. The van der Waals surface area contributed by atoms with Gasteiger partial charge in [0.05, 0.1) is 10.8 Å². The normalized spacial score (nSPS) is 12.2. The molecule has 0 aliphatic carbocycles. The minimum absolute atomic E-state index is 0.0448. The molecule has 7 heteroatoms. The second-order valence-electron chi connectivity index (χ2n) is 4.54. The average Bonchev–Trinajstić information content (AvgIpc) is 2.87. The predicted octanol–water partition coefficient (Wildman–Crippen LogP) is 2.65. The molecule has 20 heavy (non-hydrogen) atoms. The van der Waals surface area contributed by atoms with Crippen molar-refractivity contribution in [3.8, 4) is 11.4 Å². The summed E-state index contributed by atoms with van der Waals surface area (Å²) in [6.07, 6.45) is 0. The SMILES string of the molecule is CC(=O)C(C)c1nc(-c2cc([N+](=O)[O-])ccc2C)no1. The third-order valence-corrected chi connectivity index (χ3v) is 3.09. The summed E-state index contributed by atoms with van der Waals surface area (Å²) in [6, 6.07) is 4.43. The molecule has 0 N–H and O–H groups in total. The van der Waals surface area contributed by atoms with E-state index in [0.29, 0.717) is 5.56 Å². The van der Waals surface area contributed by atoms with Gasteiger partial charge in [-0.15, -0.1) is 0 Å². The summed E-state index contributed by atoms with van der Waals surface area (Å²) in [5.74, 6) is -0.126. The van der Waals surface area contributed by atoms with Gasteiger partial charge in [-0.3, -0.25) is 14.9 Å². The standard InChI is InChI=1S/C13H13N3O4/c1-7-4-5-10(16(18)19)6-11(7)12-14-13(20-15-12)8(2)9(3)17/h4-6,8H,1-3H3. The molecule has 0 radical (unpaired) electrons. The van der Waals surface area contributed by atoms with Crippen LogP contribution in [0.15, 0.2) is 22.7 Å². The summed E-state index contributed by atoms with van der Waals surface area (Å²) < 4.78 is 5.05. The van der Waals surface area contributed by atoms with E-state index in [9.17, 15) is 14.9 Å². The van der Waals surface area contributed by atoms with Crippen molar-refractivity contribution in [2.45, 2.75) is 26.7 Å². The van der Waals surface area contributed by atoms with E-state index in [-0.39, 0.29) is 23.2 Å². The Morgan fingerprint density at radius 1 is 1.45 bits per heavy atom. The number of rotatable bonds is 4. The second kappa shape index (κ2) is 5.20. The summed E-state index contributed by atoms with van der Waals surface area (Å²) in [5, 5.41) is 14.6. The zero-order valence-electron chi connectivity index (χ0n) is 11.3. The largest absolute Gasteiger partial charge is 0.338 e. The smallest absolute Gasteiger partial charge is 0.270 e. The number of benzene rings is 1. The highest BCUT2D eigenvalue weighted by Gasteiger charge is 2.20. The van der Waals surface area contributed by atoms with Gasteiger partial charge in [-0.1, -0.05) is 11.2 Å². The van der Waals surface area contributed by atoms with Crippen LogP contribution in [0.2, 0.25) is 0 Å². The Labute approximate surface area is 114 Å². The van der Waals surface area contributed by atoms with Gasteiger partial charge in [0.1, 0.15) is 5.78 Å². The minimum Gasteiger partial charge on any atom is -0.338 e. The van der Waals surface area contributed by atoms with E-state index in [1.807, 2.05) is 0 Å². The van der Waals surface area contributed by atoms with Crippen molar-refractivity contribution in [3.05, 3.63) is 39.8 Å². The van der Waals surface area contributed by atoms with Gasteiger partial charge in [-0.25, -0.2) is 0 Å². The highest BCUT2D eigenvalue weighted by Crippen LogP contribution is 2.26. The van der Waals surface area contributed by atoms with Crippen molar-refractivity contribution in [1.82, 2.24) is 10.1 Å². The molecule has 0 bridgehead atoms. The fraction of sp³-hybridized carbons (Fsp3) is 0.308. The van der Waals surface area contributed by atoms with Crippen LogP contribution in [0.25, 0.3) is 11.4 Å². The van der Waals surface area contributed by atoms with Crippen LogP contribution < -0.4 is 0 Å². The Balaban J connectivity index is 2.44. The number of nitro benzene ring substituents is 1. The number of Topliss-reactive ketones (excluding diaryl/α,β-unsaturated/α-hetero) is 1. The molecule has 0 aliphatic heterocycles. The van der Waals surface area contributed by atoms with Crippen LogP contribution in [0.4, 0.5) is 5.69 Å². The second-order valence-corrected chi connectivity index (χ2v) is 4.54. The molecular weight excluding hydrogens is 262 g/mol. The van der Waals surface area contributed by atoms with Gasteiger partial charge in [0, 0.05) is 17.7 Å². The summed E-state index contributed by atoms with van der Waals surface area (Å²) in [5.41, 5.74) is 1.26. The minimum atomic E-state index is -0.491. The first kappa shape index (κ1) is 13.9. The van der Waals surface area contributed by atoms with Crippen LogP contribution in [-0.4, -0.2) is 20.8 Å². The van der Waals surface area contributed by atoms with E-state index in [2.05, 4.69) is 10.1 Å². The Morgan fingerprint density at radius 2 is 2.15 bits per heavy atom. The lowest BCUT2D eigenvalue weighted by Gasteiger charge is -2.00. The van der Waals surface area contributed by atoms with Crippen molar-refractivity contribution in [1.29, 1.82) is 0 Å². The third-order valence-electron chi connectivity index (χ3n) is 3.09. The molecule has 1 heterocycles. The summed E-state index contributed by atoms with van der Waals surface area (Å²) >= 11 is 0. The number of carbonyl (C=O) groups is 1. The third kappa shape index (κ3) is 2.56. The molecule has 0 saturated heterocycles. The highest BCUT2D eigenvalue weighted by atomic mass is 16.6. The number of carbonyl (C=O) groups excluding carboxylic acids is 1. The molecule has 0 fully saturated rings. The lowest BCUT2D eigenvalue weighted by Crippen LogP contribution is -2.04. The maximum atomic E-state index is 11.3. The molecule has 2 aromatic rings. The molecular formula is C13H13N3O4. The number of nitro groups is 1. The van der Waals surface area contributed by atoms with E-state index in [0.717, 1.165) is 5.56 Å². The number of hydrogen-bond donors (Lipinski definition) is 0.